The molecule has 1 heterocycles. The second-order valence-corrected chi connectivity index (χ2v) is 2.90. The summed E-state index contributed by atoms with van der Waals surface area (Å²) in [5.41, 5.74) is 6.20. The molecule has 0 saturated carbocycles. The predicted octanol–water partition coefficient (Wildman–Crippen LogP) is 0.767. The summed E-state index contributed by atoms with van der Waals surface area (Å²) in [6, 6.07) is 6.67. The molecule has 5 heteroatoms. The number of carbonyl (C=O) groups is 1. The van der Waals surface area contributed by atoms with Gasteiger partial charge in [-0.3, -0.25) is 4.79 Å². The van der Waals surface area contributed by atoms with Crippen LogP contribution in [0.5, 0.6) is 5.75 Å². The third-order valence-corrected chi connectivity index (χ3v) is 1.90. The van der Waals surface area contributed by atoms with Crippen LogP contribution in [-0.4, -0.2) is 18.6 Å². The molecule has 0 unspecified atom stereocenters. The maximum absolute atomic E-state index is 11.3. The number of nitrogens with two attached hydrogens (primary N) is 1. The van der Waals surface area contributed by atoms with E-state index in [4.69, 9.17) is 10.5 Å². The molecular weight excluding hydrogens is 204 g/mol. The maximum atomic E-state index is 11.3. The number of para-hydroxylation sites is 2. The van der Waals surface area contributed by atoms with E-state index < -0.39 is 6.04 Å². The molecule has 1 aliphatic heterocycles. The smallest absolute Gasteiger partial charge is 0.244 e. The molecule has 1 atom stereocenters. The highest BCUT2D eigenvalue weighted by Crippen LogP contribution is 2.25. The molecule has 0 spiro atoms. The predicted molar refractivity (Wildman–Crippen MR) is 55.8 cm³/mol. The van der Waals surface area contributed by atoms with E-state index >= 15 is 0 Å². The Morgan fingerprint density at radius 3 is 2.93 bits per heavy atom. The average Bonchev–Trinajstić information content (AvgIpc) is 2.28. The summed E-state index contributed by atoms with van der Waals surface area (Å²) in [7, 11) is 0. The quantitative estimate of drug-likeness (QED) is 0.671. The Morgan fingerprint density at radius 1 is 1.43 bits per heavy atom. The number of carbonyl (C=O) groups excluding carboxylic acids is 1. The van der Waals surface area contributed by atoms with Crippen molar-refractivity contribution in [2.45, 2.75) is 6.04 Å². The summed E-state index contributed by atoms with van der Waals surface area (Å²) in [5.74, 6) is 0.466. The summed E-state index contributed by atoms with van der Waals surface area (Å²) >= 11 is 0. The third-order valence-electron chi connectivity index (χ3n) is 1.90. The topological polar surface area (TPSA) is 64.3 Å². The van der Waals surface area contributed by atoms with Gasteiger partial charge < -0.3 is 15.8 Å². The van der Waals surface area contributed by atoms with Crippen molar-refractivity contribution in [3.8, 4) is 5.75 Å². The third kappa shape index (κ3) is 1.97. The first kappa shape index (κ1) is 10.8. The monoisotopic (exact) mass is 214 g/mol. The Kier molecular flexibility index (Phi) is 3.33. The molecule has 0 bridgehead atoms. The highest BCUT2D eigenvalue weighted by Gasteiger charge is 2.20. The van der Waals surface area contributed by atoms with Crippen LogP contribution in [0.15, 0.2) is 24.3 Å². The first-order valence-electron chi connectivity index (χ1n) is 4.05. The number of fused-ring (bicyclic) bond motifs is 1. The largest absolute Gasteiger partial charge is 0.489 e. The fourth-order valence-electron chi connectivity index (χ4n) is 1.18. The van der Waals surface area contributed by atoms with E-state index in [1.807, 2.05) is 12.1 Å². The number of amides is 1. The van der Waals surface area contributed by atoms with Crippen LogP contribution in [0.3, 0.4) is 0 Å². The summed E-state index contributed by atoms with van der Waals surface area (Å²) < 4.78 is 5.32. The van der Waals surface area contributed by atoms with Crippen LogP contribution in [0.4, 0.5) is 5.69 Å². The van der Waals surface area contributed by atoms with Crippen LogP contribution in [0.25, 0.3) is 0 Å². The maximum Gasteiger partial charge on any atom is 0.244 e. The normalized spacial score (nSPS) is 19.5. The van der Waals surface area contributed by atoms with E-state index in [2.05, 4.69) is 5.32 Å². The Labute approximate surface area is 87.8 Å². The number of hydrogen-bond donors (Lipinski definition) is 2. The molecule has 1 aromatic rings. The molecule has 0 fully saturated rings. The summed E-state index contributed by atoms with van der Waals surface area (Å²) in [4.78, 5) is 11.3. The van der Waals surface area contributed by atoms with Gasteiger partial charge in [-0.15, -0.1) is 12.4 Å². The summed E-state index contributed by atoms with van der Waals surface area (Å²) in [6.45, 7) is 0.225. The van der Waals surface area contributed by atoms with Crippen LogP contribution in [0.2, 0.25) is 0 Å². The van der Waals surface area contributed by atoms with Gasteiger partial charge >= 0.3 is 0 Å². The van der Waals surface area contributed by atoms with Crippen molar-refractivity contribution in [3.05, 3.63) is 24.3 Å². The lowest BCUT2D eigenvalue weighted by atomic mass is 10.3. The second kappa shape index (κ2) is 4.30. The minimum atomic E-state index is -0.590. The minimum absolute atomic E-state index is 0. The molecule has 0 aliphatic carbocycles. The Morgan fingerprint density at radius 2 is 2.14 bits per heavy atom. The zero-order valence-corrected chi connectivity index (χ0v) is 8.21. The molecule has 1 amide bonds. The first-order chi connectivity index (χ1) is 6.27. The van der Waals surface area contributed by atoms with Gasteiger partial charge in [0.2, 0.25) is 5.91 Å². The van der Waals surface area contributed by atoms with Crippen LogP contribution >= 0.6 is 12.4 Å². The zero-order valence-electron chi connectivity index (χ0n) is 7.40. The van der Waals surface area contributed by atoms with Gasteiger partial charge in [0.05, 0.1) is 5.69 Å². The lowest BCUT2D eigenvalue weighted by Crippen LogP contribution is -2.38. The van der Waals surface area contributed by atoms with E-state index in [1.54, 1.807) is 12.1 Å². The molecule has 4 nitrogen and oxygen atoms in total. The van der Waals surface area contributed by atoms with Gasteiger partial charge in [0.25, 0.3) is 0 Å². The van der Waals surface area contributed by atoms with Gasteiger partial charge in [0.1, 0.15) is 18.4 Å². The van der Waals surface area contributed by atoms with Gasteiger partial charge in [-0.1, -0.05) is 12.1 Å². The molecule has 76 valence electrons. The van der Waals surface area contributed by atoms with Crippen molar-refractivity contribution in [3.63, 3.8) is 0 Å². The van der Waals surface area contributed by atoms with E-state index in [0.29, 0.717) is 11.4 Å². The SMILES string of the molecule is Cl.N[C@H]1COc2ccccc2NC1=O. The number of hydrogen-bond acceptors (Lipinski definition) is 3. The van der Waals surface area contributed by atoms with E-state index in [-0.39, 0.29) is 24.9 Å². The number of benzene rings is 1. The molecular formula is C9H11ClN2O2. The van der Waals surface area contributed by atoms with Gasteiger partial charge in [0, 0.05) is 0 Å². The van der Waals surface area contributed by atoms with Gasteiger partial charge in [0.15, 0.2) is 0 Å². The molecule has 0 radical (unpaired) electrons. The van der Waals surface area contributed by atoms with Crippen molar-refractivity contribution in [1.82, 2.24) is 0 Å². The molecule has 1 aliphatic rings. The molecule has 2 rings (SSSR count). The lowest BCUT2D eigenvalue weighted by Gasteiger charge is -2.04. The zero-order chi connectivity index (χ0) is 9.26. The van der Waals surface area contributed by atoms with Crippen LogP contribution in [0, 0.1) is 0 Å². The van der Waals surface area contributed by atoms with E-state index in [1.165, 1.54) is 0 Å². The second-order valence-electron chi connectivity index (χ2n) is 2.90. The molecule has 14 heavy (non-hydrogen) atoms. The highest BCUT2D eigenvalue weighted by molar-refractivity contribution is 5.96. The number of ether oxygens (including phenoxy) is 1. The van der Waals surface area contributed by atoms with Gasteiger partial charge in [-0.25, -0.2) is 0 Å². The van der Waals surface area contributed by atoms with Gasteiger partial charge in [-0.05, 0) is 12.1 Å². The average molecular weight is 215 g/mol. The molecule has 1 aromatic carbocycles. The van der Waals surface area contributed by atoms with Crippen LogP contribution in [-0.2, 0) is 4.79 Å². The van der Waals surface area contributed by atoms with Crippen LogP contribution in [0.1, 0.15) is 0 Å². The molecule has 3 N–H and O–H groups in total. The van der Waals surface area contributed by atoms with Crippen LogP contribution < -0.4 is 15.8 Å². The molecule has 0 aromatic heterocycles. The fraction of sp³-hybridized carbons (Fsp3) is 0.222. The number of anilines is 1. The van der Waals surface area contributed by atoms with Crippen molar-refractivity contribution >= 4 is 24.0 Å². The van der Waals surface area contributed by atoms with Gasteiger partial charge in [-0.2, -0.15) is 0 Å². The fourth-order valence-corrected chi connectivity index (χ4v) is 1.18. The number of nitrogens with one attached hydrogen (secondary N) is 1. The number of rotatable bonds is 0. The Bertz CT molecular complexity index is 343. The summed E-state index contributed by atoms with van der Waals surface area (Å²) in [5, 5.41) is 2.68. The van der Waals surface area contributed by atoms with Crippen molar-refractivity contribution in [2.24, 2.45) is 5.73 Å². The van der Waals surface area contributed by atoms with Crippen molar-refractivity contribution in [2.75, 3.05) is 11.9 Å². The highest BCUT2D eigenvalue weighted by atomic mass is 35.5. The minimum Gasteiger partial charge on any atom is -0.489 e. The summed E-state index contributed by atoms with van der Waals surface area (Å²) in [6.07, 6.45) is 0. The first-order valence-corrected chi connectivity index (χ1v) is 4.05. The van der Waals surface area contributed by atoms with E-state index in [0.717, 1.165) is 0 Å². The van der Waals surface area contributed by atoms with Crippen molar-refractivity contribution < 1.29 is 9.53 Å². The van der Waals surface area contributed by atoms with Crippen molar-refractivity contribution in [1.29, 1.82) is 0 Å². The Balaban J connectivity index is 0.000000980. The van der Waals surface area contributed by atoms with E-state index in [9.17, 15) is 4.79 Å². The lowest BCUT2D eigenvalue weighted by molar-refractivity contribution is -0.117. The Hall–Kier alpha value is -1.26. The molecule has 0 saturated heterocycles. The standard InChI is InChI=1S/C9H10N2O2.ClH/c10-6-5-13-8-4-2-1-3-7(8)11-9(6)12;/h1-4,6H,5,10H2,(H,11,12);1H/t6-;/m0./s1. The number of halogens is 1.